The maximum atomic E-state index is 5.70. The predicted molar refractivity (Wildman–Crippen MR) is 61.2 cm³/mol. The van der Waals surface area contributed by atoms with Crippen LogP contribution in [-0.2, 0) is 0 Å². The van der Waals surface area contributed by atoms with E-state index in [0.29, 0.717) is 17.0 Å². The van der Waals surface area contributed by atoms with E-state index < -0.39 is 0 Å². The molecule has 0 aromatic carbocycles. The summed E-state index contributed by atoms with van der Waals surface area (Å²) in [5, 5.41) is 3.79. The lowest BCUT2D eigenvalue weighted by atomic mass is 10.2. The molecule has 1 fully saturated rings. The highest BCUT2D eigenvalue weighted by molar-refractivity contribution is 6.30. The van der Waals surface area contributed by atoms with E-state index >= 15 is 0 Å². The van der Waals surface area contributed by atoms with Crippen molar-refractivity contribution in [2.24, 2.45) is 0 Å². The van der Waals surface area contributed by atoms with E-state index in [2.05, 4.69) is 27.2 Å². The third-order valence-corrected chi connectivity index (χ3v) is 2.98. The molecule has 1 aromatic heterocycles. The van der Waals surface area contributed by atoms with Gasteiger partial charge in [0, 0.05) is 12.6 Å². The van der Waals surface area contributed by atoms with Gasteiger partial charge in [0.15, 0.2) is 0 Å². The van der Waals surface area contributed by atoms with Crippen molar-refractivity contribution in [3.63, 3.8) is 0 Å². The van der Waals surface area contributed by atoms with Crippen LogP contribution in [-0.4, -0.2) is 41.0 Å². The second kappa shape index (κ2) is 4.77. The molecule has 1 saturated heterocycles. The Hall–Kier alpha value is -0.870. The Bertz CT molecular complexity index is 314. The number of halogens is 1. The molecule has 2 rings (SSSR count). The molecule has 0 amide bonds. The molecule has 2 heterocycles. The highest BCUT2D eigenvalue weighted by atomic mass is 35.5. The third kappa shape index (κ3) is 2.79. The maximum absolute atomic E-state index is 5.70. The van der Waals surface area contributed by atoms with Crippen LogP contribution in [0.2, 0.25) is 5.02 Å². The average Bonchev–Trinajstić information content (AvgIpc) is 2.63. The van der Waals surface area contributed by atoms with E-state index in [4.69, 9.17) is 11.6 Å². The lowest BCUT2D eigenvalue weighted by Crippen LogP contribution is -2.31. The monoisotopic (exact) mass is 226 g/mol. The second-order valence-electron chi connectivity index (χ2n) is 3.88. The van der Waals surface area contributed by atoms with Gasteiger partial charge in [-0.3, -0.25) is 0 Å². The Morgan fingerprint density at radius 1 is 1.53 bits per heavy atom. The van der Waals surface area contributed by atoms with Crippen molar-refractivity contribution < 1.29 is 0 Å². The van der Waals surface area contributed by atoms with Crippen molar-refractivity contribution in [3.05, 3.63) is 17.4 Å². The van der Waals surface area contributed by atoms with Crippen LogP contribution in [0.5, 0.6) is 0 Å². The van der Waals surface area contributed by atoms with Gasteiger partial charge in [0.1, 0.15) is 0 Å². The Kier molecular flexibility index (Phi) is 3.38. The number of nitrogens with one attached hydrogen (secondary N) is 1. The van der Waals surface area contributed by atoms with Gasteiger partial charge >= 0.3 is 0 Å². The molecule has 1 aliphatic heterocycles. The first kappa shape index (κ1) is 10.6. The number of hydrogen-bond acceptors (Lipinski definition) is 4. The summed E-state index contributed by atoms with van der Waals surface area (Å²) in [6, 6.07) is 0.601. The van der Waals surface area contributed by atoms with Gasteiger partial charge in [-0.15, -0.1) is 0 Å². The van der Waals surface area contributed by atoms with Crippen molar-refractivity contribution in [3.8, 4) is 0 Å². The van der Waals surface area contributed by atoms with E-state index in [9.17, 15) is 0 Å². The highest BCUT2D eigenvalue weighted by Gasteiger charge is 2.20. The molecule has 0 saturated carbocycles. The first-order valence-electron chi connectivity index (χ1n) is 5.17. The van der Waals surface area contributed by atoms with Crippen LogP contribution in [0.1, 0.15) is 12.8 Å². The standard InChI is InChI=1S/C10H15ClN4/c1-15-4-2-3-9(15)7-14-10-12-5-8(11)6-13-10/h5-6,9H,2-4,7H2,1H3,(H,12,13,14). The molecule has 0 bridgehead atoms. The second-order valence-corrected chi connectivity index (χ2v) is 4.32. The fourth-order valence-corrected chi connectivity index (χ4v) is 1.95. The number of rotatable bonds is 3. The molecule has 1 atom stereocenters. The van der Waals surface area contributed by atoms with Crippen molar-refractivity contribution in [1.29, 1.82) is 0 Å². The van der Waals surface area contributed by atoms with Crippen LogP contribution >= 0.6 is 11.6 Å². The lowest BCUT2D eigenvalue weighted by molar-refractivity contribution is 0.322. The molecule has 1 unspecified atom stereocenters. The van der Waals surface area contributed by atoms with Crippen LogP contribution in [0.4, 0.5) is 5.95 Å². The summed E-state index contributed by atoms with van der Waals surface area (Å²) < 4.78 is 0. The van der Waals surface area contributed by atoms with Gasteiger partial charge < -0.3 is 10.2 Å². The molecule has 1 N–H and O–H groups in total. The van der Waals surface area contributed by atoms with Crippen molar-refractivity contribution in [1.82, 2.24) is 14.9 Å². The SMILES string of the molecule is CN1CCCC1CNc1ncc(Cl)cn1. The molecule has 5 heteroatoms. The van der Waals surface area contributed by atoms with Gasteiger partial charge in [-0.05, 0) is 26.4 Å². The average molecular weight is 227 g/mol. The van der Waals surface area contributed by atoms with Crippen LogP contribution < -0.4 is 5.32 Å². The van der Waals surface area contributed by atoms with Gasteiger partial charge in [-0.1, -0.05) is 11.6 Å². The third-order valence-electron chi connectivity index (χ3n) is 2.79. The molecule has 1 aliphatic rings. The molecule has 15 heavy (non-hydrogen) atoms. The Morgan fingerprint density at radius 3 is 2.87 bits per heavy atom. The first-order chi connectivity index (χ1) is 7.25. The Labute approximate surface area is 94.7 Å². The summed E-state index contributed by atoms with van der Waals surface area (Å²) in [4.78, 5) is 10.5. The van der Waals surface area contributed by atoms with E-state index in [0.717, 1.165) is 6.54 Å². The lowest BCUT2D eigenvalue weighted by Gasteiger charge is -2.19. The zero-order valence-corrected chi connectivity index (χ0v) is 9.54. The fraction of sp³-hybridized carbons (Fsp3) is 0.600. The predicted octanol–water partition coefficient (Wildman–Crippen LogP) is 1.64. The summed E-state index contributed by atoms with van der Waals surface area (Å²) >= 11 is 5.70. The number of anilines is 1. The number of aromatic nitrogens is 2. The largest absolute Gasteiger partial charge is 0.353 e. The quantitative estimate of drug-likeness (QED) is 0.851. The minimum Gasteiger partial charge on any atom is -0.353 e. The maximum Gasteiger partial charge on any atom is 0.222 e. The van der Waals surface area contributed by atoms with Gasteiger partial charge in [-0.25, -0.2) is 9.97 Å². The molecule has 1 aromatic rings. The number of likely N-dealkylation sites (N-methyl/N-ethyl adjacent to an activating group) is 1. The van der Waals surface area contributed by atoms with Crippen molar-refractivity contribution in [2.75, 3.05) is 25.5 Å². The summed E-state index contributed by atoms with van der Waals surface area (Å²) in [5.74, 6) is 0.653. The Balaban J connectivity index is 1.85. The molecule has 0 aliphatic carbocycles. The highest BCUT2D eigenvalue weighted by Crippen LogP contribution is 2.15. The molecule has 0 spiro atoms. The van der Waals surface area contributed by atoms with Gasteiger partial charge in [0.25, 0.3) is 0 Å². The molecule has 4 nitrogen and oxygen atoms in total. The van der Waals surface area contributed by atoms with Crippen molar-refractivity contribution >= 4 is 17.5 Å². The van der Waals surface area contributed by atoms with Gasteiger partial charge in [0.2, 0.25) is 5.95 Å². The summed E-state index contributed by atoms with van der Waals surface area (Å²) in [6.07, 6.45) is 5.74. The van der Waals surface area contributed by atoms with E-state index in [1.54, 1.807) is 12.4 Å². The fourth-order valence-electron chi connectivity index (χ4n) is 1.85. The van der Waals surface area contributed by atoms with Crippen LogP contribution in [0.3, 0.4) is 0 Å². The van der Waals surface area contributed by atoms with Gasteiger partial charge in [-0.2, -0.15) is 0 Å². The Morgan fingerprint density at radius 2 is 2.27 bits per heavy atom. The smallest absolute Gasteiger partial charge is 0.222 e. The minimum atomic E-state index is 0.568. The first-order valence-corrected chi connectivity index (χ1v) is 5.55. The molecule has 0 radical (unpaired) electrons. The normalized spacial score (nSPS) is 21.9. The van der Waals surface area contributed by atoms with Crippen LogP contribution in [0.15, 0.2) is 12.4 Å². The summed E-state index contributed by atoms with van der Waals surface area (Å²) in [5.41, 5.74) is 0. The summed E-state index contributed by atoms with van der Waals surface area (Å²) in [7, 11) is 2.15. The van der Waals surface area contributed by atoms with Crippen LogP contribution in [0, 0.1) is 0 Å². The van der Waals surface area contributed by atoms with Gasteiger partial charge in [0.05, 0.1) is 17.4 Å². The number of nitrogens with zero attached hydrogens (tertiary/aromatic N) is 3. The number of likely N-dealkylation sites (tertiary alicyclic amines) is 1. The zero-order chi connectivity index (χ0) is 10.7. The van der Waals surface area contributed by atoms with Crippen molar-refractivity contribution in [2.45, 2.75) is 18.9 Å². The van der Waals surface area contributed by atoms with Crippen LogP contribution in [0.25, 0.3) is 0 Å². The molecular weight excluding hydrogens is 212 g/mol. The summed E-state index contributed by atoms with van der Waals surface area (Å²) in [6.45, 7) is 2.09. The van der Waals surface area contributed by atoms with E-state index in [1.165, 1.54) is 19.4 Å². The van der Waals surface area contributed by atoms with E-state index in [1.807, 2.05) is 0 Å². The number of hydrogen-bond donors (Lipinski definition) is 1. The zero-order valence-electron chi connectivity index (χ0n) is 8.78. The molecule has 82 valence electrons. The molecular formula is C10H15ClN4. The van der Waals surface area contributed by atoms with E-state index in [-0.39, 0.29) is 0 Å². The topological polar surface area (TPSA) is 41.0 Å². The minimum absolute atomic E-state index is 0.568.